The van der Waals surface area contributed by atoms with E-state index in [2.05, 4.69) is 0 Å². The zero-order valence-electron chi connectivity index (χ0n) is 18.6. The highest BCUT2D eigenvalue weighted by Crippen LogP contribution is 2.21. The molecule has 2 amide bonds. The molecule has 0 aromatic heterocycles. The first kappa shape index (κ1) is 24.3. The molecule has 1 heterocycles. The van der Waals surface area contributed by atoms with Crippen molar-refractivity contribution < 1.29 is 19.1 Å². The highest BCUT2D eigenvalue weighted by Gasteiger charge is 2.32. The van der Waals surface area contributed by atoms with Crippen molar-refractivity contribution in [1.29, 1.82) is 5.26 Å². The smallest absolute Gasteiger partial charge is 0.296 e. The molecule has 0 atom stereocenters. The molecule has 6 heteroatoms. The molecule has 0 bridgehead atoms. The van der Waals surface area contributed by atoms with Gasteiger partial charge in [-0.3, -0.25) is 19.3 Å². The van der Waals surface area contributed by atoms with E-state index in [1.165, 1.54) is 11.0 Å². The number of imide groups is 1. The Morgan fingerprint density at radius 1 is 0.968 bits per heavy atom. The molecule has 2 rings (SSSR count). The molecular weight excluding hydrogens is 392 g/mol. The van der Waals surface area contributed by atoms with Crippen LogP contribution in [-0.4, -0.2) is 29.0 Å². The van der Waals surface area contributed by atoms with E-state index in [0.717, 1.165) is 51.4 Å². The van der Waals surface area contributed by atoms with E-state index in [4.69, 9.17) is 10.00 Å². The average molecular weight is 425 g/mol. The summed E-state index contributed by atoms with van der Waals surface area (Å²) in [5.41, 5.74) is 0.498. The number of unbranched alkanes of at least 4 members (excludes halogenated alkanes) is 7. The van der Waals surface area contributed by atoms with Gasteiger partial charge in [0.1, 0.15) is 11.5 Å². The van der Waals surface area contributed by atoms with Crippen LogP contribution in [0.3, 0.4) is 0 Å². The van der Waals surface area contributed by atoms with E-state index in [0.29, 0.717) is 30.1 Å². The summed E-state index contributed by atoms with van der Waals surface area (Å²) in [6.45, 7) is 4.29. The summed E-state index contributed by atoms with van der Waals surface area (Å²) in [6, 6.07) is 8.41. The number of ether oxygens (including phenoxy) is 1. The molecule has 1 aromatic carbocycles. The predicted octanol–water partition coefficient (Wildman–Crippen LogP) is 4.93. The number of nitriles is 1. The molecule has 166 valence electrons. The lowest BCUT2D eigenvalue weighted by molar-refractivity contribution is -0.138. The van der Waals surface area contributed by atoms with Crippen molar-refractivity contribution in [3.05, 3.63) is 41.7 Å². The molecule has 0 spiro atoms. The van der Waals surface area contributed by atoms with Gasteiger partial charge in [-0.2, -0.15) is 5.26 Å². The van der Waals surface area contributed by atoms with Gasteiger partial charge in [-0.1, -0.05) is 52.4 Å². The largest absolute Gasteiger partial charge is 0.451 e. The molecule has 6 nitrogen and oxygen atoms in total. The Hall–Kier alpha value is -2.94. The van der Waals surface area contributed by atoms with Crippen LogP contribution < -0.4 is 4.74 Å². The van der Waals surface area contributed by atoms with E-state index < -0.39 is 5.91 Å². The maximum absolute atomic E-state index is 12.4. The molecule has 1 aliphatic rings. The van der Waals surface area contributed by atoms with Gasteiger partial charge in [-0.05, 0) is 37.1 Å². The van der Waals surface area contributed by atoms with Gasteiger partial charge >= 0.3 is 0 Å². The van der Waals surface area contributed by atoms with E-state index in [-0.39, 0.29) is 17.6 Å². The van der Waals surface area contributed by atoms with Crippen LogP contribution in [0.2, 0.25) is 0 Å². The zero-order chi connectivity index (χ0) is 22.6. The van der Waals surface area contributed by atoms with E-state index in [9.17, 15) is 14.4 Å². The van der Waals surface area contributed by atoms with Gasteiger partial charge in [0.15, 0.2) is 5.76 Å². The second-order valence-corrected chi connectivity index (χ2v) is 8.24. The number of carbonyl (C=O) groups is 3. The number of nitrogens with zero attached hydrogens (tertiary/aromatic N) is 2. The molecule has 0 aliphatic carbocycles. The molecule has 0 fully saturated rings. The summed E-state index contributed by atoms with van der Waals surface area (Å²) < 4.78 is 5.53. The van der Waals surface area contributed by atoms with Crippen molar-refractivity contribution in [2.24, 2.45) is 5.92 Å². The van der Waals surface area contributed by atoms with Crippen molar-refractivity contribution in [3.8, 4) is 11.8 Å². The zero-order valence-corrected chi connectivity index (χ0v) is 18.6. The van der Waals surface area contributed by atoms with E-state index in [1.807, 2.05) is 19.9 Å². The fraction of sp³-hybridized carbons (Fsp3) is 0.520. The lowest BCUT2D eigenvalue weighted by Gasteiger charge is -2.14. The van der Waals surface area contributed by atoms with E-state index in [1.54, 1.807) is 24.3 Å². The summed E-state index contributed by atoms with van der Waals surface area (Å²) in [6.07, 6.45) is 10.3. The minimum Gasteiger partial charge on any atom is -0.451 e. The molecular formula is C25H32N2O4. The number of rotatable bonds is 14. The molecule has 0 saturated carbocycles. The number of hydrogen-bond acceptors (Lipinski definition) is 5. The van der Waals surface area contributed by atoms with Crippen molar-refractivity contribution in [2.45, 2.75) is 71.6 Å². The van der Waals surface area contributed by atoms with Crippen LogP contribution >= 0.6 is 0 Å². The number of ketones is 1. The molecule has 1 aromatic rings. The standard InChI is InChI=1S/C25H32N2O4/c1-19(2)22(28)11-9-7-5-3-4-6-8-10-16-27-24(29)17-23(25(27)30)31-21-14-12-20(18-26)13-15-21/h12-15,17,19H,3-11,16H2,1-2H3. The van der Waals surface area contributed by atoms with Gasteiger partial charge in [0.25, 0.3) is 11.8 Å². The summed E-state index contributed by atoms with van der Waals surface area (Å²) in [5.74, 6) is 0.177. The molecule has 0 saturated heterocycles. The minimum absolute atomic E-state index is 0.0191. The van der Waals surface area contributed by atoms with Crippen LogP contribution in [0.25, 0.3) is 0 Å². The lowest BCUT2D eigenvalue weighted by Crippen LogP contribution is -2.32. The number of Topliss-reactive ketones (excluding diaryl/α,β-unsaturated/α-hetero) is 1. The normalized spacial score (nSPS) is 13.5. The third kappa shape index (κ3) is 8.01. The fourth-order valence-electron chi connectivity index (χ4n) is 3.41. The Morgan fingerprint density at radius 2 is 1.55 bits per heavy atom. The van der Waals surface area contributed by atoms with Gasteiger partial charge in [0.05, 0.1) is 17.7 Å². The number of carbonyl (C=O) groups excluding carboxylic acids is 3. The van der Waals surface area contributed by atoms with Crippen molar-refractivity contribution in [2.75, 3.05) is 6.54 Å². The first-order valence-electron chi connectivity index (χ1n) is 11.2. The third-order valence-corrected chi connectivity index (χ3v) is 5.39. The molecule has 0 N–H and O–H groups in total. The summed E-state index contributed by atoms with van der Waals surface area (Å²) in [4.78, 5) is 37.4. The summed E-state index contributed by atoms with van der Waals surface area (Å²) >= 11 is 0. The highest BCUT2D eigenvalue weighted by atomic mass is 16.5. The second kappa shape index (κ2) is 12.7. The average Bonchev–Trinajstić information content (AvgIpc) is 3.02. The monoisotopic (exact) mass is 424 g/mol. The van der Waals surface area contributed by atoms with Gasteiger partial charge in [0, 0.05) is 18.9 Å². The Bertz CT molecular complexity index is 834. The molecule has 1 aliphatic heterocycles. The third-order valence-electron chi connectivity index (χ3n) is 5.39. The van der Waals surface area contributed by atoms with Crippen LogP contribution in [-0.2, 0) is 14.4 Å². The van der Waals surface area contributed by atoms with Gasteiger partial charge in [-0.25, -0.2) is 0 Å². The maximum atomic E-state index is 12.4. The van der Waals surface area contributed by atoms with Crippen molar-refractivity contribution >= 4 is 17.6 Å². The quantitative estimate of drug-likeness (QED) is 0.312. The number of amides is 2. The summed E-state index contributed by atoms with van der Waals surface area (Å²) in [5, 5.41) is 8.82. The Labute approximate surface area is 184 Å². The van der Waals surface area contributed by atoms with Crippen LogP contribution in [0, 0.1) is 17.2 Å². The predicted molar refractivity (Wildman–Crippen MR) is 118 cm³/mol. The van der Waals surface area contributed by atoms with Gasteiger partial charge in [-0.15, -0.1) is 0 Å². The second-order valence-electron chi connectivity index (χ2n) is 8.24. The van der Waals surface area contributed by atoms with E-state index >= 15 is 0 Å². The number of hydrogen-bond donors (Lipinski definition) is 0. The molecule has 31 heavy (non-hydrogen) atoms. The molecule has 0 radical (unpaired) electrons. The van der Waals surface area contributed by atoms with Crippen LogP contribution in [0.15, 0.2) is 36.1 Å². The Balaban J connectivity index is 1.57. The first-order chi connectivity index (χ1) is 14.9. The summed E-state index contributed by atoms with van der Waals surface area (Å²) in [7, 11) is 0. The minimum atomic E-state index is -0.412. The van der Waals surface area contributed by atoms with Crippen molar-refractivity contribution in [3.63, 3.8) is 0 Å². The number of benzene rings is 1. The van der Waals surface area contributed by atoms with Gasteiger partial charge < -0.3 is 4.74 Å². The van der Waals surface area contributed by atoms with Gasteiger partial charge in [0.2, 0.25) is 0 Å². The highest BCUT2D eigenvalue weighted by molar-refractivity contribution is 6.15. The first-order valence-corrected chi connectivity index (χ1v) is 11.2. The Morgan fingerprint density at radius 3 is 2.13 bits per heavy atom. The topological polar surface area (TPSA) is 87.5 Å². The van der Waals surface area contributed by atoms with Crippen LogP contribution in [0.5, 0.6) is 5.75 Å². The maximum Gasteiger partial charge on any atom is 0.296 e. The Kier molecular flexibility index (Phi) is 9.96. The SMILES string of the molecule is CC(C)C(=O)CCCCCCCCCCN1C(=O)C=C(Oc2ccc(C#N)cc2)C1=O. The fourth-order valence-corrected chi connectivity index (χ4v) is 3.41. The molecule has 0 unspecified atom stereocenters. The lowest BCUT2D eigenvalue weighted by atomic mass is 10.0. The van der Waals surface area contributed by atoms with Crippen LogP contribution in [0.1, 0.15) is 77.2 Å². The van der Waals surface area contributed by atoms with Crippen LogP contribution in [0.4, 0.5) is 0 Å². The van der Waals surface area contributed by atoms with Crippen molar-refractivity contribution in [1.82, 2.24) is 4.90 Å².